The number of aromatic nitrogens is 1. The van der Waals surface area contributed by atoms with Gasteiger partial charge in [-0.25, -0.2) is 12.7 Å². The predicted octanol–water partition coefficient (Wildman–Crippen LogP) is 3.15. The summed E-state index contributed by atoms with van der Waals surface area (Å²) in [4.78, 5) is 17.3. The molecule has 2 aromatic heterocycles. The number of benzene rings is 1. The number of thiophene rings is 1. The molecule has 29 heavy (non-hydrogen) atoms. The summed E-state index contributed by atoms with van der Waals surface area (Å²) in [5, 5.41) is 6.36. The number of hydrogen-bond donors (Lipinski definition) is 2. The zero-order chi connectivity index (χ0) is 20.4. The lowest BCUT2D eigenvalue weighted by molar-refractivity contribution is -0.126. The first-order chi connectivity index (χ1) is 13.9. The highest BCUT2D eigenvalue weighted by molar-refractivity contribution is 7.88. The van der Waals surface area contributed by atoms with Crippen molar-refractivity contribution >= 4 is 38.2 Å². The fourth-order valence-electron chi connectivity index (χ4n) is 4.03. The number of nitrogens with zero attached hydrogens (tertiary/aromatic N) is 1. The van der Waals surface area contributed by atoms with Crippen molar-refractivity contribution in [2.45, 2.75) is 18.8 Å². The minimum atomic E-state index is -3.18. The molecule has 3 heterocycles. The highest BCUT2D eigenvalue weighted by Gasteiger charge is 2.29. The number of amides is 1. The molecule has 1 unspecified atom stereocenters. The molecule has 4 rings (SSSR count). The topological polar surface area (TPSA) is 82.3 Å². The molecule has 1 amide bonds. The monoisotopic (exact) mass is 431 g/mol. The third kappa shape index (κ3) is 4.39. The maximum absolute atomic E-state index is 12.8. The molecule has 1 aromatic carbocycles. The first-order valence-electron chi connectivity index (χ1n) is 9.75. The molecule has 0 saturated carbocycles. The van der Waals surface area contributed by atoms with Crippen molar-refractivity contribution in [1.82, 2.24) is 14.6 Å². The zero-order valence-electron chi connectivity index (χ0n) is 16.3. The van der Waals surface area contributed by atoms with E-state index in [0.29, 0.717) is 32.5 Å². The second-order valence-electron chi connectivity index (χ2n) is 7.54. The van der Waals surface area contributed by atoms with E-state index in [9.17, 15) is 13.2 Å². The Morgan fingerprint density at radius 2 is 2.00 bits per heavy atom. The van der Waals surface area contributed by atoms with Crippen LogP contribution in [-0.2, 0) is 14.8 Å². The molecule has 1 fully saturated rings. The summed E-state index contributed by atoms with van der Waals surface area (Å²) >= 11 is 1.69. The van der Waals surface area contributed by atoms with Crippen molar-refractivity contribution in [1.29, 1.82) is 0 Å². The average molecular weight is 432 g/mol. The van der Waals surface area contributed by atoms with Crippen LogP contribution in [0.5, 0.6) is 0 Å². The smallest absolute Gasteiger partial charge is 0.223 e. The molecular formula is C21H25N3O3S2. The van der Waals surface area contributed by atoms with Gasteiger partial charge in [0, 0.05) is 53.4 Å². The van der Waals surface area contributed by atoms with Crippen LogP contribution in [0.25, 0.3) is 10.9 Å². The van der Waals surface area contributed by atoms with E-state index in [4.69, 9.17) is 0 Å². The van der Waals surface area contributed by atoms with Gasteiger partial charge >= 0.3 is 0 Å². The van der Waals surface area contributed by atoms with Crippen LogP contribution in [-0.4, -0.2) is 49.5 Å². The van der Waals surface area contributed by atoms with Gasteiger partial charge in [0.15, 0.2) is 0 Å². The van der Waals surface area contributed by atoms with Gasteiger partial charge < -0.3 is 10.3 Å². The quantitative estimate of drug-likeness (QED) is 0.629. The second kappa shape index (κ2) is 8.30. The van der Waals surface area contributed by atoms with Gasteiger partial charge in [0.25, 0.3) is 0 Å². The lowest BCUT2D eigenvalue weighted by Crippen LogP contribution is -2.43. The van der Waals surface area contributed by atoms with E-state index >= 15 is 0 Å². The van der Waals surface area contributed by atoms with E-state index in [2.05, 4.69) is 33.9 Å². The SMILES string of the molecule is CS(=O)(=O)N1CCC(C(=O)NCC(c2cccs2)c2c[nH]c3ccccc23)CC1. The number of nitrogens with one attached hydrogen (secondary N) is 2. The molecule has 0 bridgehead atoms. The molecule has 0 radical (unpaired) electrons. The second-order valence-corrected chi connectivity index (χ2v) is 10.5. The molecule has 1 aliphatic rings. The normalized spacial score (nSPS) is 17.4. The van der Waals surface area contributed by atoms with Crippen LogP contribution in [0.15, 0.2) is 48.0 Å². The minimum absolute atomic E-state index is 0.0135. The number of aromatic amines is 1. The fourth-order valence-corrected chi connectivity index (χ4v) is 5.75. The Bertz CT molecular complexity index is 1080. The third-order valence-electron chi connectivity index (χ3n) is 5.66. The number of rotatable bonds is 6. The molecular weight excluding hydrogens is 406 g/mol. The molecule has 1 atom stereocenters. The summed E-state index contributed by atoms with van der Waals surface area (Å²) in [6.45, 7) is 1.34. The van der Waals surface area contributed by atoms with Gasteiger partial charge in [-0.3, -0.25) is 4.79 Å². The fraction of sp³-hybridized carbons (Fsp3) is 0.381. The maximum atomic E-state index is 12.8. The Morgan fingerprint density at radius 1 is 1.24 bits per heavy atom. The van der Waals surface area contributed by atoms with Gasteiger partial charge in [-0.2, -0.15) is 0 Å². The Balaban J connectivity index is 1.46. The van der Waals surface area contributed by atoms with Crippen LogP contribution in [0.2, 0.25) is 0 Å². The summed E-state index contributed by atoms with van der Waals surface area (Å²) in [7, 11) is -3.18. The van der Waals surface area contributed by atoms with Crippen LogP contribution < -0.4 is 5.32 Å². The third-order valence-corrected chi connectivity index (χ3v) is 7.95. The Labute approximate surface area is 175 Å². The van der Waals surface area contributed by atoms with E-state index in [1.165, 1.54) is 26.4 Å². The number of fused-ring (bicyclic) bond motifs is 1. The molecule has 8 heteroatoms. The predicted molar refractivity (Wildman–Crippen MR) is 117 cm³/mol. The average Bonchev–Trinajstić information content (AvgIpc) is 3.38. The maximum Gasteiger partial charge on any atom is 0.223 e. The van der Waals surface area contributed by atoms with E-state index in [0.717, 1.165) is 5.52 Å². The van der Waals surface area contributed by atoms with Crippen molar-refractivity contribution in [3.05, 3.63) is 58.4 Å². The van der Waals surface area contributed by atoms with Gasteiger partial charge in [-0.15, -0.1) is 11.3 Å². The van der Waals surface area contributed by atoms with Crippen LogP contribution in [0.1, 0.15) is 29.2 Å². The van der Waals surface area contributed by atoms with Gasteiger partial charge in [-0.1, -0.05) is 24.3 Å². The number of sulfonamides is 1. The number of carbonyl (C=O) groups is 1. The molecule has 1 saturated heterocycles. The number of carbonyl (C=O) groups excluding carboxylic acids is 1. The van der Waals surface area contributed by atoms with Gasteiger partial charge in [0.1, 0.15) is 0 Å². The zero-order valence-corrected chi connectivity index (χ0v) is 17.9. The van der Waals surface area contributed by atoms with Gasteiger partial charge in [0.2, 0.25) is 15.9 Å². The lowest BCUT2D eigenvalue weighted by Gasteiger charge is -2.29. The summed E-state index contributed by atoms with van der Waals surface area (Å²) in [6.07, 6.45) is 4.39. The van der Waals surface area contributed by atoms with Crippen LogP contribution >= 0.6 is 11.3 Å². The largest absolute Gasteiger partial charge is 0.361 e. The van der Waals surface area contributed by atoms with Crippen molar-refractivity contribution < 1.29 is 13.2 Å². The van der Waals surface area contributed by atoms with Crippen LogP contribution in [0, 0.1) is 5.92 Å². The summed E-state index contributed by atoms with van der Waals surface area (Å²) in [5.41, 5.74) is 2.26. The molecule has 3 aromatic rings. The first-order valence-corrected chi connectivity index (χ1v) is 12.5. The number of para-hydroxylation sites is 1. The van der Waals surface area contributed by atoms with Gasteiger partial charge in [-0.05, 0) is 35.9 Å². The summed E-state index contributed by atoms with van der Waals surface area (Å²) in [6, 6.07) is 12.3. The standard InChI is InChI=1S/C21H25N3O3S2/c1-29(26,27)24-10-8-15(9-11-24)21(25)23-14-18(20-7-4-12-28-20)17-13-22-19-6-3-2-5-16(17)19/h2-7,12-13,15,18,22H,8-11,14H2,1H3,(H,23,25). The molecule has 6 nitrogen and oxygen atoms in total. The number of hydrogen-bond acceptors (Lipinski definition) is 4. The minimum Gasteiger partial charge on any atom is -0.361 e. The molecule has 154 valence electrons. The number of piperidine rings is 1. The highest BCUT2D eigenvalue weighted by atomic mass is 32.2. The first kappa shape index (κ1) is 20.1. The van der Waals surface area contributed by atoms with E-state index in [1.54, 1.807) is 11.3 Å². The van der Waals surface area contributed by atoms with Gasteiger partial charge in [0.05, 0.1) is 6.26 Å². The number of H-pyrrole nitrogens is 1. The molecule has 0 spiro atoms. The van der Waals surface area contributed by atoms with Crippen LogP contribution in [0.3, 0.4) is 0 Å². The van der Waals surface area contributed by atoms with Crippen molar-refractivity contribution in [2.24, 2.45) is 5.92 Å². The molecule has 1 aliphatic heterocycles. The Kier molecular flexibility index (Phi) is 5.76. The highest BCUT2D eigenvalue weighted by Crippen LogP contribution is 2.33. The Hall–Kier alpha value is -2.16. The van der Waals surface area contributed by atoms with E-state index in [1.807, 2.05) is 24.4 Å². The van der Waals surface area contributed by atoms with E-state index < -0.39 is 10.0 Å². The van der Waals surface area contributed by atoms with Crippen LogP contribution in [0.4, 0.5) is 0 Å². The van der Waals surface area contributed by atoms with Crippen molar-refractivity contribution in [2.75, 3.05) is 25.9 Å². The van der Waals surface area contributed by atoms with Crippen molar-refractivity contribution in [3.63, 3.8) is 0 Å². The summed E-state index contributed by atoms with van der Waals surface area (Å²) < 4.78 is 24.8. The Morgan fingerprint density at radius 3 is 2.69 bits per heavy atom. The molecule has 0 aliphatic carbocycles. The summed E-state index contributed by atoms with van der Waals surface area (Å²) in [5.74, 6) is -0.0503. The van der Waals surface area contributed by atoms with E-state index in [-0.39, 0.29) is 17.7 Å². The lowest BCUT2D eigenvalue weighted by atomic mass is 9.94. The van der Waals surface area contributed by atoms with Crippen molar-refractivity contribution in [3.8, 4) is 0 Å². The molecule has 2 N–H and O–H groups in total.